The van der Waals surface area contributed by atoms with Crippen molar-refractivity contribution in [2.45, 2.75) is 65.6 Å². The van der Waals surface area contributed by atoms with Crippen molar-refractivity contribution in [2.75, 3.05) is 18.6 Å². The molecule has 0 saturated heterocycles. The third-order valence-corrected chi connectivity index (χ3v) is 5.40. The van der Waals surface area contributed by atoms with Gasteiger partial charge in [-0.1, -0.05) is 19.1 Å². The van der Waals surface area contributed by atoms with E-state index >= 15 is 0 Å². The molecule has 2 heterocycles. The quantitative estimate of drug-likeness (QED) is 0.315. The van der Waals surface area contributed by atoms with Crippen LogP contribution in [0.5, 0.6) is 0 Å². The summed E-state index contributed by atoms with van der Waals surface area (Å²) in [6.07, 6.45) is 8.94. The molecular formula is C22H34N6O2. The molecule has 5 N–H and O–H groups in total. The standard InChI is InChI=1S/C22H34N6O2/c1-5-11-23-22(30)17-12-28-20(15(17)4)21(24-13-25-28)27-18(14(3)6-2)9-10-19(29)26-16-7-8-16/h6,9,12,16,19,25-26,29H,5,7-8,10-11,13H2,1-4H3,(H,23,30)(H,24,27)/b14-6-,18-9+. The van der Waals surface area contributed by atoms with Gasteiger partial charge in [0, 0.05) is 30.9 Å². The summed E-state index contributed by atoms with van der Waals surface area (Å²) in [4.78, 5) is 17.1. The first-order chi connectivity index (χ1) is 14.4. The van der Waals surface area contributed by atoms with Gasteiger partial charge < -0.3 is 21.2 Å². The molecule has 8 nitrogen and oxygen atoms in total. The third kappa shape index (κ3) is 5.31. The van der Waals surface area contributed by atoms with Crippen LogP contribution in [0.1, 0.15) is 68.1 Å². The summed E-state index contributed by atoms with van der Waals surface area (Å²) in [7, 11) is 0. The number of aromatic nitrogens is 1. The molecule has 1 fully saturated rings. The zero-order chi connectivity index (χ0) is 21.7. The van der Waals surface area contributed by atoms with Crippen molar-refractivity contribution in [1.82, 2.24) is 20.6 Å². The van der Waals surface area contributed by atoms with E-state index in [0.29, 0.717) is 37.1 Å². The molecule has 30 heavy (non-hydrogen) atoms. The van der Waals surface area contributed by atoms with E-state index in [2.05, 4.69) is 26.4 Å². The highest BCUT2D eigenvalue weighted by Gasteiger charge is 2.25. The largest absolute Gasteiger partial charge is 0.378 e. The fourth-order valence-electron chi connectivity index (χ4n) is 3.36. The van der Waals surface area contributed by atoms with Crippen molar-refractivity contribution in [1.29, 1.82) is 0 Å². The number of aliphatic imine (C=N–C) groups is 1. The molecule has 1 amide bonds. The van der Waals surface area contributed by atoms with E-state index in [1.165, 1.54) is 0 Å². The van der Waals surface area contributed by atoms with Gasteiger partial charge in [-0.2, -0.15) is 0 Å². The zero-order valence-corrected chi connectivity index (χ0v) is 18.4. The number of carbonyl (C=O) groups is 1. The van der Waals surface area contributed by atoms with Crippen LogP contribution in [-0.2, 0) is 0 Å². The van der Waals surface area contributed by atoms with E-state index in [1.807, 2.05) is 50.7 Å². The van der Waals surface area contributed by atoms with Gasteiger partial charge in [-0.3, -0.25) is 14.8 Å². The molecule has 0 radical (unpaired) electrons. The van der Waals surface area contributed by atoms with Crippen LogP contribution in [0, 0.1) is 6.92 Å². The zero-order valence-electron chi connectivity index (χ0n) is 18.4. The van der Waals surface area contributed by atoms with E-state index in [0.717, 1.165) is 41.8 Å². The maximum absolute atomic E-state index is 12.5. The Morgan fingerprint density at radius 3 is 2.90 bits per heavy atom. The van der Waals surface area contributed by atoms with E-state index in [1.54, 1.807) is 0 Å². The summed E-state index contributed by atoms with van der Waals surface area (Å²) >= 11 is 0. The number of amidine groups is 1. The predicted molar refractivity (Wildman–Crippen MR) is 120 cm³/mol. The minimum Gasteiger partial charge on any atom is -0.378 e. The van der Waals surface area contributed by atoms with Gasteiger partial charge in [-0.25, -0.2) is 4.99 Å². The molecule has 0 spiro atoms. The van der Waals surface area contributed by atoms with Crippen LogP contribution in [0.4, 0.5) is 0 Å². The van der Waals surface area contributed by atoms with Gasteiger partial charge >= 0.3 is 0 Å². The number of rotatable bonds is 9. The Morgan fingerprint density at radius 2 is 2.23 bits per heavy atom. The number of fused-ring (bicyclic) bond motifs is 1. The molecule has 1 aliphatic carbocycles. The van der Waals surface area contributed by atoms with Gasteiger partial charge in [0.05, 0.1) is 5.56 Å². The molecule has 0 bridgehead atoms. The Morgan fingerprint density at radius 1 is 1.47 bits per heavy atom. The minimum atomic E-state index is -0.562. The number of hydrogen-bond acceptors (Lipinski definition) is 6. The van der Waals surface area contributed by atoms with E-state index in [4.69, 9.17) is 0 Å². The van der Waals surface area contributed by atoms with E-state index in [9.17, 15) is 9.90 Å². The van der Waals surface area contributed by atoms with Gasteiger partial charge in [-0.05, 0) is 51.2 Å². The maximum atomic E-state index is 12.5. The maximum Gasteiger partial charge on any atom is 0.253 e. The molecular weight excluding hydrogens is 380 g/mol. The molecule has 1 aromatic heterocycles. The molecule has 0 aromatic carbocycles. The summed E-state index contributed by atoms with van der Waals surface area (Å²) in [6, 6.07) is 0.449. The van der Waals surface area contributed by atoms with Gasteiger partial charge in [0.2, 0.25) is 0 Å². The van der Waals surface area contributed by atoms with Gasteiger partial charge in [0.15, 0.2) is 5.84 Å². The highest BCUT2D eigenvalue weighted by molar-refractivity contribution is 6.05. The molecule has 1 atom stereocenters. The molecule has 3 rings (SSSR count). The predicted octanol–water partition coefficient (Wildman–Crippen LogP) is 2.10. The lowest BCUT2D eigenvalue weighted by Crippen LogP contribution is -2.35. The van der Waals surface area contributed by atoms with Crippen molar-refractivity contribution < 1.29 is 9.90 Å². The number of hydrogen-bond donors (Lipinski definition) is 5. The topological polar surface area (TPSA) is 103 Å². The second-order valence-electron chi connectivity index (χ2n) is 7.87. The Labute approximate surface area is 178 Å². The summed E-state index contributed by atoms with van der Waals surface area (Å²) < 4.78 is 1.86. The molecule has 8 heteroatoms. The van der Waals surface area contributed by atoms with Crippen LogP contribution in [0.3, 0.4) is 0 Å². The average Bonchev–Trinajstić information content (AvgIpc) is 3.49. The highest BCUT2D eigenvalue weighted by atomic mass is 16.3. The minimum absolute atomic E-state index is 0.0768. The summed E-state index contributed by atoms with van der Waals surface area (Å²) in [6.45, 7) is 9.03. The van der Waals surface area contributed by atoms with Crippen LogP contribution >= 0.6 is 0 Å². The third-order valence-electron chi connectivity index (χ3n) is 5.40. The monoisotopic (exact) mass is 414 g/mol. The van der Waals surface area contributed by atoms with Crippen LogP contribution in [0.15, 0.2) is 34.6 Å². The smallest absolute Gasteiger partial charge is 0.253 e. The Kier molecular flexibility index (Phi) is 7.33. The molecule has 1 aliphatic heterocycles. The number of allylic oxidation sites excluding steroid dienone is 2. The Hall–Kier alpha value is -2.58. The van der Waals surface area contributed by atoms with Gasteiger partial charge in [0.1, 0.15) is 18.6 Å². The molecule has 1 aromatic rings. The van der Waals surface area contributed by atoms with Gasteiger partial charge in [-0.15, -0.1) is 0 Å². The van der Waals surface area contributed by atoms with Crippen LogP contribution in [-0.4, -0.2) is 47.0 Å². The normalized spacial score (nSPS) is 17.7. The number of carbonyl (C=O) groups excluding carboxylic acids is 1. The van der Waals surface area contributed by atoms with E-state index < -0.39 is 6.23 Å². The fraction of sp³-hybridized carbons (Fsp3) is 0.545. The lowest BCUT2D eigenvalue weighted by atomic mass is 10.1. The summed E-state index contributed by atoms with van der Waals surface area (Å²) in [5, 5.41) is 19.8. The van der Waals surface area contributed by atoms with Crippen molar-refractivity contribution in [2.24, 2.45) is 4.99 Å². The second kappa shape index (κ2) is 9.95. The first kappa shape index (κ1) is 22.1. The lowest BCUT2D eigenvalue weighted by Gasteiger charge is -2.22. The fourth-order valence-corrected chi connectivity index (χ4v) is 3.36. The second-order valence-corrected chi connectivity index (χ2v) is 7.87. The first-order valence-electron chi connectivity index (χ1n) is 10.8. The number of nitrogens with one attached hydrogen (secondary N) is 4. The Balaban J connectivity index is 1.80. The van der Waals surface area contributed by atoms with Crippen LogP contribution in [0.25, 0.3) is 0 Å². The lowest BCUT2D eigenvalue weighted by molar-refractivity contribution is 0.0953. The average molecular weight is 415 g/mol. The van der Waals surface area contributed by atoms with Crippen molar-refractivity contribution >= 4 is 11.7 Å². The van der Waals surface area contributed by atoms with Crippen molar-refractivity contribution in [3.63, 3.8) is 0 Å². The number of nitrogens with zero attached hydrogens (tertiary/aromatic N) is 2. The summed E-state index contributed by atoms with van der Waals surface area (Å²) in [5.41, 5.74) is 7.50. The SMILES string of the molecule is C/C=C(C)\C(=C/CC(O)NC1CC1)NC1=NCNn2cc(C(=O)NCCC)c(C)c21. The molecule has 2 aliphatic rings. The number of aliphatic hydroxyl groups excluding tert-OH is 1. The molecule has 1 unspecified atom stereocenters. The Bertz CT molecular complexity index is 863. The number of amides is 1. The van der Waals surface area contributed by atoms with Crippen LogP contribution in [0.2, 0.25) is 0 Å². The number of aliphatic hydroxyl groups is 1. The van der Waals surface area contributed by atoms with Crippen molar-refractivity contribution in [3.05, 3.63) is 46.4 Å². The van der Waals surface area contributed by atoms with Gasteiger partial charge in [0.25, 0.3) is 5.91 Å². The highest BCUT2D eigenvalue weighted by Crippen LogP contribution is 2.21. The van der Waals surface area contributed by atoms with Crippen molar-refractivity contribution in [3.8, 4) is 0 Å². The summed E-state index contributed by atoms with van der Waals surface area (Å²) in [5.74, 6) is 0.630. The van der Waals surface area contributed by atoms with E-state index in [-0.39, 0.29) is 5.91 Å². The first-order valence-corrected chi connectivity index (χ1v) is 10.8. The molecule has 1 saturated carbocycles. The molecule has 164 valence electrons. The van der Waals surface area contributed by atoms with Crippen LogP contribution < -0.4 is 21.4 Å².